The lowest BCUT2D eigenvalue weighted by Crippen LogP contribution is -2.28. The summed E-state index contributed by atoms with van der Waals surface area (Å²) in [7, 11) is 0. The van der Waals surface area contributed by atoms with E-state index in [4.69, 9.17) is 0 Å². The number of hydrogen-bond acceptors (Lipinski definition) is 2. The van der Waals surface area contributed by atoms with Gasteiger partial charge in [-0.05, 0) is 5.41 Å². The van der Waals surface area contributed by atoms with Crippen molar-refractivity contribution in [3.63, 3.8) is 0 Å². The minimum absolute atomic E-state index is 0.00782. The lowest BCUT2D eigenvalue weighted by atomic mass is 9.76. The van der Waals surface area contributed by atoms with Crippen molar-refractivity contribution in [2.24, 2.45) is 11.3 Å². The van der Waals surface area contributed by atoms with Gasteiger partial charge in [0.2, 0.25) is 5.91 Å². The van der Waals surface area contributed by atoms with Gasteiger partial charge in [0, 0.05) is 30.8 Å². The Morgan fingerprint density at radius 2 is 2.07 bits per heavy atom. The van der Waals surface area contributed by atoms with E-state index in [0.29, 0.717) is 5.57 Å². The number of rotatable bonds is 1. The van der Waals surface area contributed by atoms with Crippen LogP contribution >= 0.6 is 0 Å². The first-order valence-electron chi connectivity index (χ1n) is 5.00. The normalized spacial score (nSPS) is 21.2. The molecule has 0 bridgehead atoms. The number of carbonyl (C=O) groups is 2. The first-order chi connectivity index (χ1) is 6.86. The van der Waals surface area contributed by atoms with E-state index in [0.717, 1.165) is 6.29 Å². The Kier molecular flexibility index (Phi) is 3.12. The molecule has 0 aromatic carbocycles. The molecule has 1 amide bonds. The fourth-order valence-corrected chi connectivity index (χ4v) is 1.66. The van der Waals surface area contributed by atoms with Crippen molar-refractivity contribution in [1.82, 2.24) is 4.90 Å². The highest BCUT2D eigenvalue weighted by molar-refractivity contribution is 5.81. The Balaban J connectivity index is 3.00. The van der Waals surface area contributed by atoms with Crippen molar-refractivity contribution in [2.75, 3.05) is 0 Å². The summed E-state index contributed by atoms with van der Waals surface area (Å²) in [6.07, 6.45) is 6.08. The van der Waals surface area contributed by atoms with Gasteiger partial charge in [-0.15, -0.1) is 0 Å². The van der Waals surface area contributed by atoms with Crippen LogP contribution in [0.1, 0.15) is 27.7 Å². The van der Waals surface area contributed by atoms with Crippen LogP contribution in [-0.2, 0) is 9.59 Å². The van der Waals surface area contributed by atoms with Gasteiger partial charge in [-0.25, -0.2) is 0 Å². The summed E-state index contributed by atoms with van der Waals surface area (Å²) in [6.45, 7) is 7.69. The Morgan fingerprint density at radius 1 is 1.47 bits per heavy atom. The average molecular weight is 207 g/mol. The van der Waals surface area contributed by atoms with Crippen LogP contribution in [0, 0.1) is 11.3 Å². The number of nitrogens with zero attached hydrogens (tertiary/aromatic N) is 1. The zero-order valence-electron chi connectivity index (χ0n) is 9.65. The lowest BCUT2D eigenvalue weighted by molar-refractivity contribution is -0.124. The molecule has 0 saturated heterocycles. The third-order valence-electron chi connectivity index (χ3n) is 2.52. The molecule has 0 unspecified atom stereocenters. The fourth-order valence-electron chi connectivity index (χ4n) is 1.66. The monoisotopic (exact) mass is 207 g/mol. The molecule has 3 heteroatoms. The van der Waals surface area contributed by atoms with Crippen LogP contribution in [0.5, 0.6) is 0 Å². The van der Waals surface area contributed by atoms with Crippen molar-refractivity contribution in [1.29, 1.82) is 0 Å². The molecule has 0 N–H and O–H groups in total. The Hall–Kier alpha value is -1.38. The Labute approximate surface area is 90.5 Å². The van der Waals surface area contributed by atoms with Crippen LogP contribution in [0.2, 0.25) is 0 Å². The van der Waals surface area contributed by atoms with Crippen LogP contribution in [0.3, 0.4) is 0 Å². The minimum atomic E-state index is -0.0852. The zero-order valence-corrected chi connectivity index (χ0v) is 9.65. The summed E-state index contributed by atoms with van der Waals surface area (Å²) in [5.41, 5.74) is 0.645. The van der Waals surface area contributed by atoms with E-state index in [1.165, 1.54) is 11.8 Å². The predicted octanol–water partition coefficient (Wildman–Crippen LogP) is 2.11. The maximum atomic E-state index is 11.1. The SMILES string of the molecule is CC(=O)N1C=C[C@@H](C(C)(C)C)C(C=O)=C1. The van der Waals surface area contributed by atoms with Crippen LogP contribution in [0.25, 0.3) is 0 Å². The molecule has 0 aliphatic carbocycles. The van der Waals surface area contributed by atoms with Crippen molar-refractivity contribution in [3.05, 3.63) is 24.0 Å². The van der Waals surface area contributed by atoms with E-state index in [2.05, 4.69) is 20.8 Å². The first-order valence-corrected chi connectivity index (χ1v) is 5.00. The van der Waals surface area contributed by atoms with Crippen molar-refractivity contribution in [3.8, 4) is 0 Å². The van der Waals surface area contributed by atoms with Gasteiger partial charge in [-0.3, -0.25) is 14.5 Å². The van der Waals surface area contributed by atoms with Gasteiger partial charge in [0.05, 0.1) is 0 Å². The molecule has 0 aromatic rings. The van der Waals surface area contributed by atoms with E-state index >= 15 is 0 Å². The highest BCUT2D eigenvalue weighted by Gasteiger charge is 2.28. The molecule has 15 heavy (non-hydrogen) atoms. The summed E-state index contributed by atoms with van der Waals surface area (Å²) in [4.78, 5) is 23.5. The fraction of sp³-hybridized carbons (Fsp3) is 0.500. The van der Waals surface area contributed by atoms with Crippen LogP contribution in [0.15, 0.2) is 24.0 Å². The number of hydrogen-bond donors (Lipinski definition) is 0. The van der Waals surface area contributed by atoms with Crippen molar-refractivity contribution >= 4 is 12.2 Å². The van der Waals surface area contributed by atoms with Crippen LogP contribution in [-0.4, -0.2) is 17.1 Å². The molecule has 1 aliphatic rings. The average Bonchev–Trinajstić information content (AvgIpc) is 2.15. The highest BCUT2D eigenvalue weighted by Crippen LogP contribution is 2.34. The molecular weight excluding hydrogens is 190 g/mol. The maximum absolute atomic E-state index is 11.1. The summed E-state index contributed by atoms with van der Waals surface area (Å²) in [5, 5.41) is 0. The third kappa shape index (κ3) is 2.55. The Bertz CT molecular complexity index is 334. The zero-order chi connectivity index (χ0) is 11.6. The highest BCUT2D eigenvalue weighted by atomic mass is 16.2. The van der Waals surface area contributed by atoms with Crippen molar-refractivity contribution < 1.29 is 9.59 Å². The molecule has 1 heterocycles. The number of amides is 1. The quantitative estimate of drug-likeness (QED) is 0.617. The minimum Gasteiger partial charge on any atom is -0.298 e. The number of carbonyl (C=O) groups excluding carboxylic acids is 2. The molecule has 0 radical (unpaired) electrons. The standard InChI is InChI=1S/C12H17NO2/c1-9(15)13-6-5-11(12(2,3)4)10(7-13)8-14/h5-8,11H,1-4H3/t11-/m1/s1. The smallest absolute Gasteiger partial charge is 0.227 e. The van der Waals surface area contributed by atoms with E-state index in [-0.39, 0.29) is 17.2 Å². The second kappa shape index (κ2) is 4.01. The molecule has 0 aromatic heterocycles. The van der Waals surface area contributed by atoms with Crippen LogP contribution in [0.4, 0.5) is 0 Å². The molecule has 1 rings (SSSR count). The summed E-state index contributed by atoms with van der Waals surface area (Å²) >= 11 is 0. The third-order valence-corrected chi connectivity index (χ3v) is 2.52. The second-order valence-corrected chi connectivity index (χ2v) is 4.86. The van der Waals surface area contributed by atoms with Crippen molar-refractivity contribution in [2.45, 2.75) is 27.7 Å². The molecule has 82 valence electrons. The molecule has 1 atom stereocenters. The molecular formula is C12H17NO2. The summed E-state index contributed by atoms with van der Waals surface area (Å²) in [5.74, 6) is -0.0106. The van der Waals surface area contributed by atoms with Gasteiger partial charge < -0.3 is 0 Å². The lowest BCUT2D eigenvalue weighted by Gasteiger charge is -2.32. The van der Waals surface area contributed by atoms with Gasteiger partial charge >= 0.3 is 0 Å². The first kappa shape index (κ1) is 11.7. The molecule has 3 nitrogen and oxygen atoms in total. The largest absolute Gasteiger partial charge is 0.298 e. The van der Waals surface area contributed by atoms with Gasteiger partial charge in [0.15, 0.2) is 0 Å². The summed E-state index contributed by atoms with van der Waals surface area (Å²) in [6, 6.07) is 0. The number of allylic oxidation sites excluding steroid dienone is 2. The second-order valence-electron chi connectivity index (χ2n) is 4.86. The topological polar surface area (TPSA) is 37.4 Å². The van der Waals surface area contributed by atoms with E-state index in [1.807, 2.05) is 6.08 Å². The molecule has 0 saturated carbocycles. The van der Waals surface area contributed by atoms with Gasteiger partial charge in [-0.2, -0.15) is 0 Å². The van der Waals surface area contributed by atoms with E-state index in [9.17, 15) is 9.59 Å². The van der Waals surface area contributed by atoms with Crippen LogP contribution < -0.4 is 0 Å². The Morgan fingerprint density at radius 3 is 2.47 bits per heavy atom. The van der Waals surface area contributed by atoms with Gasteiger partial charge in [0.1, 0.15) is 6.29 Å². The molecule has 0 fully saturated rings. The van der Waals surface area contributed by atoms with E-state index in [1.54, 1.807) is 12.4 Å². The van der Waals surface area contributed by atoms with Gasteiger partial charge in [0.25, 0.3) is 0 Å². The van der Waals surface area contributed by atoms with Gasteiger partial charge in [-0.1, -0.05) is 26.8 Å². The number of aldehydes is 1. The maximum Gasteiger partial charge on any atom is 0.227 e. The summed E-state index contributed by atoms with van der Waals surface area (Å²) < 4.78 is 0. The predicted molar refractivity (Wildman–Crippen MR) is 58.8 cm³/mol. The molecule has 0 spiro atoms. The molecule has 1 aliphatic heterocycles. The van der Waals surface area contributed by atoms with E-state index < -0.39 is 0 Å².